The zero-order valence-corrected chi connectivity index (χ0v) is 3.77. The molecule has 0 saturated carbocycles. The standard InChI is InChI=1S/C2HF6N/c3-1(4,5)9-2(6,7)8/h9H. The van der Waals surface area contributed by atoms with Crippen molar-refractivity contribution in [1.82, 2.24) is 5.32 Å². The van der Waals surface area contributed by atoms with Crippen molar-refractivity contribution in [2.24, 2.45) is 0 Å². The van der Waals surface area contributed by atoms with Crippen molar-refractivity contribution in [2.75, 3.05) is 0 Å². The summed E-state index contributed by atoms with van der Waals surface area (Å²) < 4.78 is 64.3. The van der Waals surface area contributed by atoms with Crippen LogP contribution in [-0.4, -0.2) is 12.6 Å². The highest BCUT2D eigenvalue weighted by molar-refractivity contribution is 4.49. The van der Waals surface area contributed by atoms with Gasteiger partial charge in [-0.3, -0.25) is 0 Å². The first-order valence-corrected chi connectivity index (χ1v) is 1.63. The molecule has 0 bridgehead atoms. The molecule has 56 valence electrons. The molecule has 0 spiro atoms. The molecule has 0 radical (unpaired) electrons. The van der Waals surface area contributed by atoms with Crippen LogP contribution in [0.3, 0.4) is 0 Å². The summed E-state index contributed by atoms with van der Waals surface area (Å²) in [4.78, 5) is 0. The Morgan fingerprint density at radius 1 is 0.667 bits per heavy atom. The molecule has 0 fully saturated rings. The first kappa shape index (κ1) is 8.54. The van der Waals surface area contributed by atoms with E-state index in [9.17, 15) is 26.3 Å². The van der Waals surface area contributed by atoms with Gasteiger partial charge in [0.25, 0.3) is 0 Å². The second-order valence-electron chi connectivity index (χ2n) is 1.12. The van der Waals surface area contributed by atoms with Gasteiger partial charge in [-0.15, -0.1) is 5.32 Å². The molecular weight excluding hydrogens is 152 g/mol. The van der Waals surface area contributed by atoms with Crippen molar-refractivity contribution in [3.05, 3.63) is 0 Å². The van der Waals surface area contributed by atoms with E-state index >= 15 is 0 Å². The van der Waals surface area contributed by atoms with Crippen LogP contribution < -0.4 is 5.32 Å². The topological polar surface area (TPSA) is 12.0 Å². The molecule has 0 aromatic carbocycles. The minimum absolute atomic E-state index is 0.542. The summed E-state index contributed by atoms with van der Waals surface area (Å²) in [6.07, 6.45) is -10.8. The summed E-state index contributed by atoms with van der Waals surface area (Å²) in [5.74, 6) is 0. The van der Waals surface area contributed by atoms with E-state index in [4.69, 9.17) is 0 Å². The van der Waals surface area contributed by atoms with Gasteiger partial charge in [0.05, 0.1) is 0 Å². The van der Waals surface area contributed by atoms with Gasteiger partial charge in [0, 0.05) is 0 Å². The van der Waals surface area contributed by atoms with Crippen molar-refractivity contribution < 1.29 is 26.3 Å². The van der Waals surface area contributed by atoms with Crippen molar-refractivity contribution in [3.8, 4) is 0 Å². The van der Waals surface area contributed by atoms with Gasteiger partial charge in [0.1, 0.15) is 0 Å². The molecule has 0 aromatic heterocycles. The van der Waals surface area contributed by atoms with Crippen LogP contribution in [0, 0.1) is 0 Å². The summed E-state index contributed by atoms with van der Waals surface area (Å²) >= 11 is 0. The average Bonchev–Trinajstić information content (AvgIpc) is 1.14. The van der Waals surface area contributed by atoms with Crippen LogP contribution in [-0.2, 0) is 0 Å². The van der Waals surface area contributed by atoms with Crippen LogP contribution in [0.5, 0.6) is 0 Å². The Morgan fingerprint density at radius 3 is 0.889 bits per heavy atom. The fourth-order valence-electron chi connectivity index (χ4n) is 0.161. The Morgan fingerprint density at radius 2 is 0.889 bits per heavy atom. The number of rotatable bonds is 0. The van der Waals surface area contributed by atoms with Crippen molar-refractivity contribution in [3.63, 3.8) is 0 Å². The van der Waals surface area contributed by atoms with Crippen LogP contribution in [0.2, 0.25) is 0 Å². The van der Waals surface area contributed by atoms with E-state index in [0.29, 0.717) is 0 Å². The molecule has 0 heterocycles. The number of alkyl halides is 6. The molecule has 0 rings (SSSR count). The van der Waals surface area contributed by atoms with E-state index < -0.39 is 17.9 Å². The van der Waals surface area contributed by atoms with Crippen LogP contribution in [0.1, 0.15) is 0 Å². The third-order valence-electron chi connectivity index (χ3n) is 0.283. The SMILES string of the molecule is FC(F)(F)NC(F)(F)F. The van der Waals surface area contributed by atoms with Crippen LogP contribution in [0.4, 0.5) is 26.3 Å². The molecule has 1 N–H and O–H groups in total. The minimum Gasteiger partial charge on any atom is -0.155 e. The van der Waals surface area contributed by atoms with Crippen molar-refractivity contribution in [2.45, 2.75) is 12.6 Å². The van der Waals surface area contributed by atoms with E-state index in [-0.39, 0.29) is 0 Å². The lowest BCUT2D eigenvalue weighted by Crippen LogP contribution is -2.42. The van der Waals surface area contributed by atoms with Crippen molar-refractivity contribution in [1.29, 1.82) is 0 Å². The highest BCUT2D eigenvalue weighted by Gasteiger charge is 2.42. The van der Waals surface area contributed by atoms with Gasteiger partial charge in [0.2, 0.25) is 0 Å². The van der Waals surface area contributed by atoms with Crippen LogP contribution >= 0.6 is 0 Å². The zero-order valence-electron chi connectivity index (χ0n) is 3.77. The number of hydrogen-bond donors (Lipinski definition) is 1. The van der Waals surface area contributed by atoms with E-state index in [1.807, 2.05) is 0 Å². The summed E-state index contributed by atoms with van der Waals surface area (Å²) in [6.45, 7) is 0. The molecule has 0 atom stereocenters. The molecule has 1 nitrogen and oxygen atoms in total. The lowest BCUT2D eigenvalue weighted by Gasteiger charge is -2.10. The van der Waals surface area contributed by atoms with Gasteiger partial charge in [-0.25, -0.2) is 0 Å². The third kappa shape index (κ3) is 7.54. The maximum absolute atomic E-state index is 10.7. The fourth-order valence-corrected chi connectivity index (χ4v) is 0.161. The maximum atomic E-state index is 10.7. The van der Waals surface area contributed by atoms with Crippen LogP contribution in [0.15, 0.2) is 0 Å². The van der Waals surface area contributed by atoms with Crippen LogP contribution in [0.25, 0.3) is 0 Å². The first-order chi connectivity index (χ1) is 3.71. The van der Waals surface area contributed by atoms with E-state index in [2.05, 4.69) is 0 Å². The highest BCUT2D eigenvalue weighted by Crippen LogP contribution is 2.19. The average molecular weight is 153 g/mol. The largest absolute Gasteiger partial charge is 0.464 e. The predicted molar refractivity (Wildman–Crippen MR) is 15.2 cm³/mol. The minimum atomic E-state index is -5.39. The Labute approximate surface area is 45.6 Å². The Hall–Kier alpha value is -0.460. The van der Waals surface area contributed by atoms with Gasteiger partial charge in [0.15, 0.2) is 0 Å². The van der Waals surface area contributed by atoms with E-state index in [1.165, 1.54) is 0 Å². The van der Waals surface area contributed by atoms with E-state index in [1.54, 1.807) is 0 Å². The molecule has 0 aliphatic carbocycles. The lowest BCUT2D eigenvalue weighted by atomic mass is 11.0. The highest BCUT2D eigenvalue weighted by atomic mass is 19.4. The van der Waals surface area contributed by atoms with E-state index in [0.717, 1.165) is 0 Å². The number of hydrogen-bond acceptors (Lipinski definition) is 1. The third-order valence-corrected chi connectivity index (χ3v) is 0.283. The predicted octanol–water partition coefficient (Wildman–Crippen LogP) is 1.62. The van der Waals surface area contributed by atoms with Crippen molar-refractivity contribution >= 4 is 0 Å². The second kappa shape index (κ2) is 2.05. The summed E-state index contributed by atoms with van der Waals surface area (Å²) in [6, 6.07) is 0. The molecule has 0 aromatic rings. The Kier molecular flexibility index (Phi) is 1.95. The maximum Gasteiger partial charge on any atom is 0.464 e. The molecule has 0 saturated heterocycles. The zero-order chi connectivity index (χ0) is 7.71. The van der Waals surface area contributed by atoms with Gasteiger partial charge in [-0.1, -0.05) is 0 Å². The molecule has 7 heteroatoms. The smallest absolute Gasteiger partial charge is 0.155 e. The van der Waals surface area contributed by atoms with Gasteiger partial charge < -0.3 is 0 Å². The quantitative estimate of drug-likeness (QED) is 0.411. The number of halogens is 6. The Balaban J connectivity index is 3.75. The van der Waals surface area contributed by atoms with Gasteiger partial charge >= 0.3 is 12.6 Å². The first-order valence-electron chi connectivity index (χ1n) is 1.63. The molecule has 9 heavy (non-hydrogen) atoms. The summed E-state index contributed by atoms with van der Waals surface area (Å²) in [5.41, 5.74) is 0. The number of nitrogens with one attached hydrogen (secondary N) is 1. The normalized spacial score (nSPS) is 14.0. The molecular formula is C2HF6N. The summed E-state index contributed by atoms with van der Waals surface area (Å²) in [7, 11) is 0. The lowest BCUT2D eigenvalue weighted by molar-refractivity contribution is -0.265. The molecule has 0 unspecified atom stereocenters. The monoisotopic (exact) mass is 153 g/mol. The molecule has 0 aliphatic rings. The fraction of sp³-hybridized carbons (Fsp3) is 1.00. The Bertz CT molecular complexity index is 76.2. The summed E-state index contributed by atoms with van der Waals surface area (Å²) in [5, 5.41) is -0.542. The molecule has 0 amide bonds. The second-order valence-corrected chi connectivity index (χ2v) is 1.12. The van der Waals surface area contributed by atoms with Gasteiger partial charge in [-0.05, 0) is 0 Å². The van der Waals surface area contributed by atoms with Gasteiger partial charge in [-0.2, -0.15) is 26.3 Å². The molecule has 0 aliphatic heterocycles.